The Hall–Kier alpha value is -1.88. The average molecular weight is 272 g/mol. The zero-order chi connectivity index (χ0) is 14.2. The molecule has 0 amide bonds. The van der Waals surface area contributed by atoms with Crippen molar-refractivity contribution in [3.63, 3.8) is 0 Å². The van der Waals surface area contributed by atoms with Gasteiger partial charge in [0, 0.05) is 12.1 Å². The quantitative estimate of drug-likeness (QED) is 0.931. The van der Waals surface area contributed by atoms with Crippen molar-refractivity contribution in [2.75, 3.05) is 6.61 Å². The number of benzene rings is 1. The smallest absolute Gasteiger partial charge is 0.124 e. The average Bonchev–Trinajstić information content (AvgIpc) is 3.02. The van der Waals surface area contributed by atoms with Gasteiger partial charge >= 0.3 is 0 Å². The topological polar surface area (TPSA) is 52.0 Å². The van der Waals surface area contributed by atoms with Crippen molar-refractivity contribution in [1.29, 1.82) is 0 Å². The minimum Gasteiger partial charge on any atom is -0.491 e. The van der Waals surface area contributed by atoms with Crippen molar-refractivity contribution in [3.05, 3.63) is 41.7 Å². The number of ether oxygens (including phenoxy) is 1. The van der Waals surface area contributed by atoms with Crippen LogP contribution in [0.1, 0.15) is 38.1 Å². The van der Waals surface area contributed by atoms with Crippen LogP contribution in [0.15, 0.2) is 30.5 Å². The van der Waals surface area contributed by atoms with Gasteiger partial charge in [-0.05, 0) is 26.8 Å². The molecule has 1 aromatic carbocycles. The third-order valence-electron chi connectivity index (χ3n) is 3.46. The minimum absolute atomic E-state index is 0.0334. The standard InChI is InChI=1S/C15H20N4O/c1-15(2,3)19-9-11(17-18-19)8-16-13-10-20-14-7-5-4-6-12(13)14/h4-7,9,13,16H,8,10H2,1-3H3. The number of aromatic nitrogens is 3. The molecule has 1 N–H and O–H groups in total. The third kappa shape index (κ3) is 2.54. The molecular formula is C15H20N4O. The van der Waals surface area contributed by atoms with E-state index in [-0.39, 0.29) is 11.6 Å². The molecule has 5 nitrogen and oxygen atoms in total. The van der Waals surface area contributed by atoms with Gasteiger partial charge < -0.3 is 10.1 Å². The first-order valence-corrected chi connectivity index (χ1v) is 6.91. The van der Waals surface area contributed by atoms with Crippen LogP contribution in [0.3, 0.4) is 0 Å². The van der Waals surface area contributed by atoms with Crippen LogP contribution in [0.5, 0.6) is 5.75 Å². The lowest BCUT2D eigenvalue weighted by Gasteiger charge is -2.17. The summed E-state index contributed by atoms with van der Waals surface area (Å²) in [6, 6.07) is 8.37. The van der Waals surface area contributed by atoms with E-state index in [1.54, 1.807) is 0 Å². The first-order chi connectivity index (χ1) is 9.54. The molecule has 0 fully saturated rings. The summed E-state index contributed by atoms with van der Waals surface area (Å²) in [6.07, 6.45) is 1.99. The van der Waals surface area contributed by atoms with Crippen LogP contribution in [0.4, 0.5) is 0 Å². The molecule has 1 aliphatic rings. The molecule has 0 aliphatic carbocycles. The molecule has 20 heavy (non-hydrogen) atoms. The van der Waals surface area contributed by atoms with E-state index in [1.165, 1.54) is 5.56 Å². The maximum absolute atomic E-state index is 5.66. The van der Waals surface area contributed by atoms with Gasteiger partial charge in [-0.2, -0.15) is 0 Å². The van der Waals surface area contributed by atoms with Crippen molar-refractivity contribution < 1.29 is 4.74 Å². The summed E-state index contributed by atoms with van der Waals surface area (Å²) in [4.78, 5) is 0. The lowest BCUT2D eigenvalue weighted by Crippen LogP contribution is -2.23. The second kappa shape index (κ2) is 4.90. The summed E-state index contributed by atoms with van der Waals surface area (Å²) in [5.41, 5.74) is 2.13. The molecule has 0 saturated carbocycles. The van der Waals surface area contributed by atoms with E-state index < -0.39 is 0 Å². The van der Waals surface area contributed by atoms with Gasteiger partial charge in [-0.1, -0.05) is 23.4 Å². The van der Waals surface area contributed by atoms with E-state index in [4.69, 9.17) is 4.74 Å². The fourth-order valence-corrected chi connectivity index (χ4v) is 2.27. The molecule has 2 heterocycles. The van der Waals surface area contributed by atoms with Crippen molar-refractivity contribution in [2.45, 2.75) is 38.9 Å². The Labute approximate surface area is 118 Å². The molecule has 1 atom stereocenters. The first-order valence-electron chi connectivity index (χ1n) is 6.91. The summed E-state index contributed by atoms with van der Waals surface area (Å²) in [7, 11) is 0. The van der Waals surface area contributed by atoms with Gasteiger partial charge in [-0.25, -0.2) is 4.68 Å². The van der Waals surface area contributed by atoms with Gasteiger partial charge in [0.05, 0.1) is 23.5 Å². The number of rotatable bonds is 3. The lowest BCUT2D eigenvalue weighted by molar-refractivity contribution is 0.310. The molecular weight excluding hydrogens is 252 g/mol. The van der Waals surface area contributed by atoms with Gasteiger partial charge in [-0.15, -0.1) is 5.10 Å². The predicted octanol–water partition coefficient (Wildman–Crippen LogP) is 2.26. The first kappa shape index (κ1) is 13.1. The molecule has 3 rings (SSSR count). The Morgan fingerprint density at radius 1 is 1.35 bits per heavy atom. The third-order valence-corrected chi connectivity index (χ3v) is 3.46. The molecule has 2 aromatic rings. The summed E-state index contributed by atoms with van der Waals surface area (Å²) in [5, 5.41) is 11.9. The number of hydrogen-bond acceptors (Lipinski definition) is 4. The predicted molar refractivity (Wildman–Crippen MR) is 76.5 cm³/mol. The number of hydrogen-bond donors (Lipinski definition) is 1. The van der Waals surface area contributed by atoms with Gasteiger partial charge in [0.15, 0.2) is 0 Å². The fourth-order valence-electron chi connectivity index (χ4n) is 2.27. The second-order valence-electron chi connectivity index (χ2n) is 6.11. The summed E-state index contributed by atoms with van der Waals surface area (Å²) in [6.45, 7) is 7.70. The van der Waals surface area contributed by atoms with Gasteiger partial charge in [0.25, 0.3) is 0 Å². The summed E-state index contributed by atoms with van der Waals surface area (Å²) in [5.74, 6) is 0.975. The van der Waals surface area contributed by atoms with Gasteiger partial charge in [0.2, 0.25) is 0 Å². The van der Waals surface area contributed by atoms with E-state index in [0.29, 0.717) is 13.2 Å². The van der Waals surface area contributed by atoms with Crippen molar-refractivity contribution in [2.24, 2.45) is 0 Å². The van der Waals surface area contributed by atoms with Crippen LogP contribution in [0, 0.1) is 0 Å². The number of fused-ring (bicyclic) bond motifs is 1. The highest BCUT2D eigenvalue weighted by atomic mass is 16.5. The van der Waals surface area contributed by atoms with Crippen LogP contribution in [0.2, 0.25) is 0 Å². The van der Waals surface area contributed by atoms with E-state index in [2.05, 4.69) is 42.5 Å². The van der Waals surface area contributed by atoms with Crippen LogP contribution in [0.25, 0.3) is 0 Å². The van der Waals surface area contributed by atoms with Crippen molar-refractivity contribution in [1.82, 2.24) is 20.3 Å². The normalized spacial score (nSPS) is 17.9. The van der Waals surface area contributed by atoms with Crippen LogP contribution < -0.4 is 10.1 Å². The summed E-state index contributed by atoms with van der Waals surface area (Å²) >= 11 is 0. The zero-order valence-electron chi connectivity index (χ0n) is 12.1. The Bertz CT molecular complexity index is 600. The zero-order valence-corrected chi connectivity index (χ0v) is 12.1. The van der Waals surface area contributed by atoms with E-state index in [0.717, 1.165) is 11.4 Å². The highest BCUT2D eigenvalue weighted by Gasteiger charge is 2.23. The number of nitrogens with zero attached hydrogens (tertiary/aromatic N) is 3. The van der Waals surface area contributed by atoms with Gasteiger partial charge in [-0.3, -0.25) is 0 Å². The van der Waals surface area contributed by atoms with Crippen LogP contribution in [-0.4, -0.2) is 21.6 Å². The lowest BCUT2D eigenvalue weighted by atomic mass is 10.1. The highest BCUT2D eigenvalue weighted by Crippen LogP contribution is 2.31. The van der Waals surface area contributed by atoms with Crippen molar-refractivity contribution in [3.8, 4) is 5.75 Å². The minimum atomic E-state index is -0.0334. The molecule has 1 aliphatic heterocycles. The largest absolute Gasteiger partial charge is 0.491 e. The molecule has 0 radical (unpaired) electrons. The van der Waals surface area contributed by atoms with Crippen LogP contribution >= 0.6 is 0 Å². The Morgan fingerprint density at radius 2 is 2.15 bits per heavy atom. The van der Waals surface area contributed by atoms with Crippen LogP contribution in [-0.2, 0) is 12.1 Å². The molecule has 106 valence electrons. The molecule has 1 aromatic heterocycles. The van der Waals surface area contributed by atoms with E-state index in [1.807, 2.05) is 29.1 Å². The highest BCUT2D eigenvalue weighted by molar-refractivity contribution is 5.39. The molecule has 1 unspecified atom stereocenters. The van der Waals surface area contributed by atoms with Gasteiger partial charge in [0.1, 0.15) is 12.4 Å². The molecule has 0 bridgehead atoms. The van der Waals surface area contributed by atoms with Crippen molar-refractivity contribution >= 4 is 0 Å². The Kier molecular flexibility index (Phi) is 3.22. The molecule has 0 spiro atoms. The SMILES string of the molecule is CC(C)(C)n1cc(CNC2COc3ccccc32)nn1. The Morgan fingerprint density at radius 3 is 2.90 bits per heavy atom. The maximum atomic E-state index is 5.66. The Balaban J connectivity index is 1.65. The van der Waals surface area contributed by atoms with E-state index in [9.17, 15) is 0 Å². The molecule has 5 heteroatoms. The summed E-state index contributed by atoms with van der Waals surface area (Å²) < 4.78 is 7.55. The second-order valence-corrected chi connectivity index (χ2v) is 6.11. The fraction of sp³-hybridized carbons (Fsp3) is 0.467. The number of nitrogens with one attached hydrogen (secondary N) is 1. The maximum Gasteiger partial charge on any atom is 0.124 e. The van der Waals surface area contributed by atoms with E-state index >= 15 is 0 Å². The molecule has 0 saturated heterocycles. The number of para-hydroxylation sites is 1. The monoisotopic (exact) mass is 272 g/mol.